The number of amides is 4. The molecule has 7 atom stereocenters. The smallest absolute Gasteiger partial charge is 0.407 e. The van der Waals surface area contributed by atoms with E-state index in [2.05, 4.69) is 110 Å². The molecule has 4 amide bonds. The summed E-state index contributed by atoms with van der Waals surface area (Å²) in [7, 11) is 1.68. The fourth-order valence-corrected chi connectivity index (χ4v) is 10.5. The molecule has 0 radical (unpaired) electrons. The molecule has 19 nitrogen and oxygen atoms in total. The van der Waals surface area contributed by atoms with E-state index in [0.717, 1.165) is 45.2 Å². The van der Waals surface area contributed by atoms with Gasteiger partial charge in [0.1, 0.15) is 18.4 Å². The van der Waals surface area contributed by atoms with Crippen LogP contribution in [0.15, 0.2) is 126 Å². The Morgan fingerprint density at radius 2 is 1.29 bits per heavy atom. The van der Waals surface area contributed by atoms with Crippen molar-refractivity contribution in [2.75, 3.05) is 13.6 Å². The number of alkyl carbamates (subject to hydrolysis) is 1. The maximum atomic E-state index is 13.9. The minimum absolute atomic E-state index is 0.0671. The van der Waals surface area contributed by atoms with Crippen molar-refractivity contribution in [3.63, 3.8) is 0 Å². The Kier molecular flexibility index (Phi) is 28.9. The number of carboxylic acid groups (broad SMARTS) is 2. The molecule has 4 aromatic carbocycles. The number of aliphatic hydroxyl groups excluding tert-OH is 3. The second kappa shape index (κ2) is 35.1. The number of urea groups is 1. The monoisotopic (exact) mass is 1200 g/mol. The second-order valence-electron chi connectivity index (χ2n) is 21.8. The third-order valence-corrected chi connectivity index (χ3v) is 15.6. The molecular formula is C63H85N7O12S2. The highest BCUT2D eigenvalue weighted by molar-refractivity contribution is 7.09. The first-order valence-electron chi connectivity index (χ1n) is 28.1. The molecule has 0 aliphatic carbocycles. The molecule has 6 aromatic rings. The number of aromatic nitrogens is 2. The van der Waals surface area contributed by atoms with Crippen molar-refractivity contribution in [2.24, 2.45) is 5.92 Å². The highest BCUT2D eigenvalue weighted by Crippen LogP contribution is 2.35. The van der Waals surface area contributed by atoms with Crippen LogP contribution in [0.5, 0.6) is 5.75 Å². The van der Waals surface area contributed by atoms with E-state index in [0.29, 0.717) is 43.1 Å². The fourth-order valence-electron chi connectivity index (χ4n) is 9.19. The lowest BCUT2D eigenvalue weighted by Crippen LogP contribution is -2.55. The van der Waals surface area contributed by atoms with Gasteiger partial charge in [0.15, 0.2) is 12.2 Å². The summed E-state index contributed by atoms with van der Waals surface area (Å²) in [5, 5.41) is 66.5. The second-order valence-corrected chi connectivity index (χ2v) is 23.7. The maximum absolute atomic E-state index is 13.9. The summed E-state index contributed by atoms with van der Waals surface area (Å²) < 4.78 is 5.42. The lowest BCUT2D eigenvalue weighted by Gasteiger charge is -2.32. The number of aryl methyl sites for hydroxylation is 1. The molecular weight excluding hydrogens is 1110 g/mol. The number of hydrogen-bond acceptors (Lipinski definition) is 15. The van der Waals surface area contributed by atoms with Gasteiger partial charge < -0.3 is 56.2 Å². The zero-order valence-electron chi connectivity index (χ0n) is 49.7. The van der Waals surface area contributed by atoms with Crippen LogP contribution in [0.3, 0.4) is 0 Å². The molecule has 9 N–H and O–H groups in total. The van der Waals surface area contributed by atoms with Crippen molar-refractivity contribution < 1.29 is 59.3 Å². The number of carbonyl (C=O) groups excluding carboxylic acids is 3. The van der Waals surface area contributed by atoms with Gasteiger partial charge in [0.05, 0.1) is 39.8 Å². The number of thiazole rings is 2. The molecule has 0 aliphatic heterocycles. The van der Waals surface area contributed by atoms with Crippen LogP contribution in [0, 0.1) is 12.8 Å². The van der Waals surface area contributed by atoms with Crippen molar-refractivity contribution in [2.45, 2.75) is 162 Å². The van der Waals surface area contributed by atoms with Crippen LogP contribution < -0.4 is 16.0 Å². The summed E-state index contributed by atoms with van der Waals surface area (Å²) >= 11 is 2.95. The van der Waals surface area contributed by atoms with Gasteiger partial charge in [0.25, 0.3) is 0 Å². The first kappa shape index (κ1) is 69.2. The largest absolute Gasteiger partial charge is 0.508 e. The Morgan fingerprint density at radius 3 is 1.80 bits per heavy atom. The number of aromatic hydroxyl groups is 1. The summed E-state index contributed by atoms with van der Waals surface area (Å²) in [5.41, 5.74) is 7.85. The Balaban J connectivity index is 0.000000365. The lowest BCUT2D eigenvalue weighted by atomic mass is 9.87. The van der Waals surface area contributed by atoms with Gasteiger partial charge in [-0.05, 0) is 95.5 Å². The van der Waals surface area contributed by atoms with Gasteiger partial charge in [-0.2, -0.15) is 0 Å². The Hall–Kier alpha value is -7.27. The van der Waals surface area contributed by atoms with Gasteiger partial charge in [-0.1, -0.05) is 136 Å². The Labute approximate surface area is 501 Å². The Bertz CT molecular complexity index is 2890. The number of hydrogen-bond donors (Lipinski definition) is 9. The summed E-state index contributed by atoms with van der Waals surface area (Å²) in [6.07, 6.45) is -2.70. The molecule has 6 rings (SSSR count). The van der Waals surface area contributed by atoms with Gasteiger partial charge in [-0.15, -0.1) is 22.7 Å². The molecule has 21 heteroatoms. The number of rotatable bonds is 27. The number of aliphatic carboxylic acids is 2. The molecule has 0 bridgehead atoms. The van der Waals surface area contributed by atoms with Gasteiger partial charge >= 0.3 is 24.1 Å². The number of phenols is 1. The number of benzene rings is 4. The van der Waals surface area contributed by atoms with E-state index < -0.39 is 54.5 Å². The summed E-state index contributed by atoms with van der Waals surface area (Å²) in [6, 6.07) is 34.3. The predicted molar refractivity (Wildman–Crippen MR) is 327 cm³/mol. The molecule has 0 saturated carbocycles. The van der Waals surface area contributed by atoms with Crippen molar-refractivity contribution in [1.82, 2.24) is 35.7 Å². The maximum Gasteiger partial charge on any atom is 0.407 e. The number of ether oxygens (including phenoxy) is 1. The van der Waals surface area contributed by atoms with Crippen molar-refractivity contribution in [3.8, 4) is 5.75 Å². The van der Waals surface area contributed by atoms with E-state index in [9.17, 15) is 34.2 Å². The van der Waals surface area contributed by atoms with Gasteiger partial charge in [-0.25, -0.2) is 24.2 Å². The molecule has 0 fully saturated rings. The molecule has 84 heavy (non-hydrogen) atoms. The lowest BCUT2D eigenvalue weighted by molar-refractivity contribution is -0.165. The summed E-state index contributed by atoms with van der Waals surface area (Å²) in [4.78, 5) is 73.0. The van der Waals surface area contributed by atoms with Gasteiger partial charge in [0.2, 0.25) is 5.91 Å². The number of carbonyl (C=O) groups is 5. The number of nitrogens with zero attached hydrogens (tertiary/aromatic N) is 4. The standard InChI is InChI=1S/C37H48N6O5S2.C22H31NO.C4H6O6/c1-24(2)33(42-36(46)43(5)20-29-22-49-35(40-29)25(3)4)34(45)39-28(16-26-12-8-6-9-13-26)18-32(44)31(17-27-14-10-7-11-15-27)41-37(47)48-21-30-19-38-23-50-30;1-16(2)23(17(3)4)14-13-20(19-9-7-6-8-10-19)21-15-18(5)11-12-22(21)24;5-1(3(7)8)2(6)4(9)10/h6-15,19,22-25,28,31-33,44H,16-18,20-21H2,1-5H3,(H,39,45)(H,41,47)(H,42,46);6-12,15-17,20,24H,13-14H2,1-5H3;1-2,5-6H,(H,7,8)(H,9,10)/t28-,31-,32-,33-;20-;/m01./s1. The molecule has 0 aliphatic rings. The molecule has 0 saturated heterocycles. The molecule has 2 heterocycles. The first-order chi connectivity index (χ1) is 39.8. The normalized spacial score (nSPS) is 13.7. The predicted octanol–water partition coefficient (Wildman–Crippen LogP) is 9.12. The van der Waals surface area contributed by atoms with Crippen molar-refractivity contribution in [3.05, 3.63) is 170 Å². The van der Waals surface area contributed by atoms with Crippen LogP contribution >= 0.6 is 22.7 Å². The molecule has 456 valence electrons. The summed E-state index contributed by atoms with van der Waals surface area (Å²) in [6.45, 7) is 20.4. The Morgan fingerprint density at radius 1 is 0.714 bits per heavy atom. The SMILES string of the molecule is CC(C)c1nc(CN(C)C(=O)N[C@H](C(=O)N[C@@H](Cc2ccccc2)C[C@H](O)[C@H](Cc2ccccc2)NC(=O)OCc2cncs2)C(C)C)cs1.Cc1ccc(O)c([C@H](CCN(C(C)C)C(C)C)c2ccccc2)c1.O=C(O)C(O)C(O)C(=O)O. The van der Waals surface area contributed by atoms with Crippen LogP contribution in [0.25, 0.3) is 0 Å². The first-order valence-corrected chi connectivity index (χ1v) is 29.9. The minimum atomic E-state index is -2.27. The molecule has 0 spiro atoms. The third-order valence-electron chi connectivity index (χ3n) is 13.7. The van der Waals surface area contributed by atoms with Gasteiger partial charge in [0, 0.05) is 54.1 Å². The van der Waals surface area contributed by atoms with E-state index in [1.54, 1.807) is 30.1 Å². The van der Waals surface area contributed by atoms with Crippen LogP contribution in [-0.2, 0) is 45.1 Å². The highest BCUT2D eigenvalue weighted by Gasteiger charge is 2.32. The number of carboxylic acids is 2. The van der Waals surface area contributed by atoms with E-state index in [1.807, 2.05) is 98.1 Å². The van der Waals surface area contributed by atoms with E-state index >= 15 is 0 Å². The quantitative estimate of drug-likeness (QED) is 0.0232. The van der Waals surface area contributed by atoms with Crippen LogP contribution in [0.2, 0.25) is 0 Å². The van der Waals surface area contributed by atoms with Gasteiger partial charge in [-0.3, -0.25) is 14.7 Å². The van der Waals surface area contributed by atoms with Crippen LogP contribution in [-0.4, -0.2) is 142 Å². The zero-order valence-corrected chi connectivity index (χ0v) is 51.3. The fraction of sp³-hybridized carbons (Fsp3) is 0.444. The minimum Gasteiger partial charge on any atom is -0.508 e. The van der Waals surface area contributed by atoms with E-state index in [-0.39, 0.29) is 36.8 Å². The zero-order chi connectivity index (χ0) is 62.0. The molecule has 2 aromatic heterocycles. The van der Waals surface area contributed by atoms with Crippen molar-refractivity contribution >= 4 is 52.6 Å². The number of nitrogens with one attached hydrogen (secondary N) is 3. The van der Waals surface area contributed by atoms with Crippen LogP contribution in [0.4, 0.5) is 9.59 Å². The van der Waals surface area contributed by atoms with E-state index in [4.69, 9.17) is 25.2 Å². The topological polar surface area (TPSA) is 284 Å². The van der Waals surface area contributed by atoms with E-state index in [1.165, 1.54) is 27.4 Å². The van der Waals surface area contributed by atoms with Crippen LogP contribution in [0.1, 0.15) is 123 Å². The third kappa shape index (κ3) is 23.4. The summed E-state index contributed by atoms with van der Waals surface area (Å²) in [5.74, 6) is -3.20. The average Bonchev–Trinajstić information content (AvgIpc) is 3.85. The van der Waals surface area contributed by atoms with Crippen molar-refractivity contribution in [1.29, 1.82) is 0 Å². The highest BCUT2D eigenvalue weighted by atomic mass is 32.1. The average molecular weight is 1200 g/mol. The molecule has 2 unspecified atom stereocenters. The number of aliphatic hydroxyl groups is 3. The number of phenolic OH excluding ortho intramolecular Hbond substituents is 1.